The number of furan rings is 1. The van der Waals surface area contributed by atoms with Gasteiger partial charge in [0, 0.05) is 11.3 Å². The highest BCUT2D eigenvalue weighted by Crippen LogP contribution is 2.18. The van der Waals surface area contributed by atoms with Crippen molar-refractivity contribution >= 4 is 36.2 Å². The van der Waals surface area contributed by atoms with Crippen molar-refractivity contribution in [3.8, 4) is 0 Å². The molecule has 0 saturated heterocycles. The summed E-state index contributed by atoms with van der Waals surface area (Å²) in [4.78, 5) is 0. The lowest BCUT2D eigenvalue weighted by atomic mass is 10.1. The van der Waals surface area contributed by atoms with Crippen LogP contribution >= 0.6 is 25.3 Å². The molecule has 1 aromatic carbocycles. The topological polar surface area (TPSA) is 25.2 Å². The van der Waals surface area contributed by atoms with Gasteiger partial charge in [-0.05, 0) is 30.2 Å². The highest BCUT2D eigenvalue weighted by Gasteiger charge is 2.04. The smallest absolute Gasteiger partial charge is 0.133 e. The van der Waals surface area contributed by atoms with Gasteiger partial charge in [-0.25, -0.2) is 0 Å². The number of hydrogen-bond acceptors (Lipinski definition) is 4. The molecule has 0 amide bonds. The van der Waals surface area contributed by atoms with Crippen LogP contribution in [0.2, 0.25) is 0 Å². The molecule has 1 aromatic heterocycles. The van der Waals surface area contributed by atoms with E-state index in [-0.39, 0.29) is 5.37 Å². The molecule has 2 rings (SSSR count). The molecule has 1 N–H and O–H groups in total. The highest BCUT2D eigenvalue weighted by molar-refractivity contribution is 7.81. The van der Waals surface area contributed by atoms with E-state index in [9.17, 15) is 0 Å². The molecule has 0 fully saturated rings. The quantitative estimate of drug-likeness (QED) is 0.565. The maximum Gasteiger partial charge on any atom is 0.133 e. The first-order valence-corrected chi connectivity index (χ1v) is 5.93. The van der Waals surface area contributed by atoms with Gasteiger partial charge in [-0.3, -0.25) is 5.32 Å². The van der Waals surface area contributed by atoms with Crippen LogP contribution in [-0.2, 0) is 6.42 Å². The molecule has 0 aliphatic carbocycles. The Kier molecular flexibility index (Phi) is 3.61. The highest BCUT2D eigenvalue weighted by atomic mass is 32.1. The Hall–Kier alpha value is -0.580. The average molecular weight is 239 g/mol. The largest absolute Gasteiger partial charge is 0.464 e. The molecule has 0 aliphatic heterocycles. The minimum absolute atomic E-state index is 0.145. The predicted octanol–water partition coefficient (Wildman–Crippen LogP) is 2.71. The summed E-state index contributed by atoms with van der Waals surface area (Å²) in [6, 6.07) is 8.15. The first-order valence-electron chi connectivity index (χ1n) is 4.78. The van der Waals surface area contributed by atoms with Gasteiger partial charge in [-0.15, -0.1) is 0 Å². The Bertz CT molecular complexity index is 441. The van der Waals surface area contributed by atoms with Crippen LogP contribution in [-0.4, -0.2) is 11.3 Å². The second-order valence-corrected chi connectivity index (χ2v) is 4.31. The normalized spacial score (nSPS) is 13.2. The van der Waals surface area contributed by atoms with Crippen LogP contribution in [0.25, 0.3) is 11.0 Å². The SMILES string of the molecule is SCNC(S)Cc1ccc2occc2c1. The van der Waals surface area contributed by atoms with Gasteiger partial charge in [0.05, 0.1) is 11.6 Å². The first-order chi connectivity index (χ1) is 7.29. The fourth-order valence-corrected chi connectivity index (χ4v) is 2.21. The summed E-state index contributed by atoms with van der Waals surface area (Å²) >= 11 is 8.52. The lowest BCUT2D eigenvalue weighted by Crippen LogP contribution is -2.24. The van der Waals surface area contributed by atoms with Crippen LogP contribution in [0.3, 0.4) is 0 Å². The molecule has 1 unspecified atom stereocenters. The van der Waals surface area contributed by atoms with Gasteiger partial charge in [-0.2, -0.15) is 25.3 Å². The van der Waals surface area contributed by atoms with Crippen LogP contribution in [0.1, 0.15) is 5.56 Å². The second-order valence-electron chi connectivity index (χ2n) is 3.37. The lowest BCUT2D eigenvalue weighted by molar-refractivity contribution is 0.615. The molecule has 2 nitrogen and oxygen atoms in total. The monoisotopic (exact) mass is 239 g/mol. The maximum atomic E-state index is 5.28. The van der Waals surface area contributed by atoms with E-state index in [2.05, 4.69) is 42.7 Å². The standard InChI is InChI=1S/C11H13NOS2/c14-7-12-11(15)6-8-1-2-10-9(5-8)3-4-13-10/h1-5,11-12,14-15H,6-7H2. The summed E-state index contributed by atoms with van der Waals surface area (Å²) < 4.78 is 5.28. The molecule has 4 heteroatoms. The van der Waals surface area contributed by atoms with Gasteiger partial charge < -0.3 is 4.42 Å². The number of hydrogen-bond donors (Lipinski definition) is 3. The Morgan fingerprint density at radius 1 is 1.33 bits per heavy atom. The summed E-state index contributed by atoms with van der Waals surface area (Å²) in [6.45, 7) is 0. The first kappa shape index (κ1) is 10.9. The summed E-state index contributed by atoms with van der Waals surface area (Å²) in [5.74, 6) is 0.641. The van der Waals surface area contributed by atoms with E-state index in [1.54, 1.807) is 6.26 Å². The summed E-state index contributed by atoms with van der Waals surface area (Å²) in [7, 11) is 0. The zero-order valence-corrected chi connectivity index (χ0v) is 9.97. The molecule has 0 bridgehead atoms. The van der Waals surface area contributed by atoms with Crippen LogP contribution in [0.15, 0.2) is 34.9 Å². The van der Waals surface area contributed by atoms with Gasteiger partial charge in [0.25, 0.3) is 0 Å². The van der Waals surface area contributed by atoms with Crippen LogP contribution < -0.4 is 5.32 Å². The van der Waals surface area contributed by atoms with Crippen LogP contribution in [0.5, 0.6) is 0 Å². The number of benzene rings is 1. The van der Waals surface area contributed by atoms with Crippen molar-refractivity contribution in [1.82, 2.24) is 5.32 Å². The minimum Gasteiger partial charge on any atom is -0.464 e. The van der Waals surface area contributed by atoms with Gasteiger partial charge in [0.1, 0.15) is 5.58 Å². The van der Waals surface area contributed by atoms with Gasteiger partial charge >= 0.3 is 0 Å². The summed E-state index contributed by atoms with van der Waals surface area (Å²) in [5.41, 5.74) is 2.18. The lowest BCUT2D eigenvalue weighted by Gasteiger charge is -2.10. The maximum absolute atomic E-state index is 5.28. The van der Waals surface area contributed by atoms with Crippen molar-refractivity contribution in [3.05, 3.63) is 36.1 Å². The third-order valence-corrected chi connectivity index (χ3v) is 2.82. The van der Waals surface area contributed by atoms with Crippen LogP contribution in [0, 0.1) is 0 Å². The van der Waals surface area contributed by atoms with Crippen LogP contribution in [0.4, 0.5) is 0 Å². The Labute approximate surface area is 99.9 Å². The fraction of sp³-hybridized carbons (Fsp3) is 0.273. The zero-order chi connectivity index (χ0) is 10.7. The number of thiol groups is 2. The Morgan fingerprint density at radius 2 is 2.20 bits per heavy atom. The molecule has 0 radical (unpaired) electrons. The van der Waals surface area contributed by atoms with Crippen molar-refractivity contribution in [2.24, 2.45) is 0 Å². The van der Waals surface area contributed by atoms with Crippen molar-refractivity contribution in [3.63, 3.8) is 0 Å². The van der Waals surface area contributed by atoms with Crippen molar-refractivity contribution in [2.75, 3.05) is 5.88 Å². The molecule has 0 saturated carbocycles. The fourth-order valence-electron chi connectivity index (χ4n) is 1.54. The van der Waals surface area contributed by atoms with E-state index in [0.717, 1.165) is 17.4 Å². The van der Waals surface area contributed by atoms with E-state index < -0.39 is 0 Å². The number of fused-ring (bicyclic) bond motifs is 1. The van der Waals surface area contributed by atoms with E-state index >= 15 is 0 Å². The van der Waals surface area contributed by atoms with E-state index in [1.165, 1.54) is 5.56 Å². The van der Waals surface area contributed by atoms with Gasteiger partial charge in [0.15, 0.2) is 0 Å². The molecule has 1 heterocycles. The average Bonchev–Trinajstić information content (AvgIpc) is 2.65. The number of nitrogens with one attached hydrogen (secondary N) is 1. The van der Waals surface area contributed by atoms with Crippen molar-refractivity contribution in [2.45, 2.75) is 11.8 Å². The van der Waals surface area contributed by atoms with Gasteiger partial charge in [0.2, 0.25) is 0 Å². The van der Waals surface area contributed by atoms with Gasteiger partial charge in [-0.1, -0.05) is 6.07 Å². The second kappa shape index (κ2) is 4.96. The van der Waals surface area contributed by atoms with E-state index in [1.807, 2.05) is 12.1 Å². The van der Waals surface area contributed by atoms with E-state index in [0.29, 0.717) is 5.88 Å². The summed E-state index contributed by atoms with van der Waals surface area (Å²) in [5, 5.41) is 4.42. The minimum atomic E-state index is 0.145. The van der Waals surface area contributed by atoms with Crippen molar-refractivity contribution in [1.29, 1.82) is 0 Å². The molecule has 0 spiro atoms. The van der Waals surface area contributed by atoms with Crippen molar-refractivity contribution < 1.29 is 4.42 Å². The Balaban J connectivity index is 2.14. The zero-order valence-electron chi connectivity index (χ0n) is 8.18. The third kappa shape index (κ3) is 2.71. The third-order valence-electron chi connectivity index (χ3n) is 2.27. The molecule has 2 aromatic rings. The molecule has 15 heavy (non-hydrogen) atoms. The van der Waals surface area contributed by atoms with E-state index in [4.69, 9.17) is 4.42 Å². The Morgan fingerprint density at radius 3 is 3.00 bits per heavy atom. The molecule has 0 aliphatic rings. The molecular weight excluding hydrogens is 226 g/mol. The molecular formula is C11H13NOS2. The number of rotatable bonds is 4. The molecule has 1 atom stereocenters. The summed E-state index contributed by atoms with van der Waals surface area (Å²) in [6.07, 6.45) is 2.59. The predicted molar refractivity (Wildman–Crippen MR) is 69.7 cm³/mol. The molecule has 80 valence electrons.